The molecule has 1 unspecified atom stereocenters. The van der Waals surface area contributed by atoms with Gasteiger partial charge in [-0.1, -0.05) is 48.2 Å². The summed E-state index contributed by atoms with van der Waals surface area (Å²) in [6.07, 6.45) is 1.85. The zero-order chi connectivity index (χ0) is 18.7. The molecule has 5 heteroatoms. The molecule has 1 aromatic heterocycles. The molecule has 1 atom stereocenters. The van der Waals surface area contributed by atoms with Crippen molar-refractivity contribution in [3.63, 3.8) is 0 Å². The van der Waals surface area contributed by atoms with Crippen LogP contribution in [0.3, 0.4) is 0 Å². The van der Waals surface area contributed by atoms with Gasteiger partial charge in [-0.3, -0.25) is 4.79 Å². The number of imidazole rings is 1. The molecule has 0 fully saturated rings. The Kier molecular flexibility index (Phi) is 5.47. The number of benzene rings is 2. The summed E-state index contributed by atoms with van der Waals surface area (Å²) in [7, 11) is 0. The van der Waals surface area contributed by atoms with Crippen LogP contribution in [-0.4, -0.2) is 20.7 Å². The third-order valence-corrected chi connectivity index (χ3v) is 5.40. The summed E-state index contributed by atoms with van der Waals surface area (Å²) in [4.78, 5) is 17.4. The summed E-state index contributed by atoms with van der Waals surface area (Å²) in [6.45, 7) is 10.4. The minimum atomic E-state index is -0.269. The third kappa shape index (κ3) is 3.68. The summed E-state index contributed by atoms with van der Waals surface area (Å²) < 4.78 is 2.09. The molecule has 3 rings (SSSR count). The monoisotopic (exact) mass is 365 g/mol. The van der Waals surface area contributed by atoms with Crippen molar-refractivity contribution in [2.75, 3.05) is 5.32 Å². The van der Waals surface area contributed by atoms with E-state index in [0.29, 0.717) is 6.54 Å². The fourth-order valence-electron chi connectivity index (χ4n) is 2.90. The Morgan fingerprint density at radius 1 is 1.23 bits per heavy atom. The van der Waals surface area contributed by atoms with Crippen LogP contribution in [0.4, 0.5) is 5.69 Å². The fourth-order valence-corrected chi connectivity index (χ4v) is 3.83. The van der Waals surface area contributed by atoms with E-state index in [2.05, 4.69) is 16.5 Å². The summed E-state index contributed by atoms with van der Waals surface area (Å²) in [5.74, 6) is -0.0235. The smallest absolute Gasteiger partial charge is 0.237 e. The molecule has 0 aliphatic heterocycles. The van der Waals surface area contributed by atoms with Crippen LogP contribution in [0.2, 0.25) is 0 Å². The topological polar surface area (TPSA) is 46.9 Å². The van der Waals surface area contributed by atoms with Crippen molar-refractivity contribution in [3.05, 3.63) is 66.2 Å². The molecule has 1 amide bonds. The Hall–Kier alpha value is -2.53. The molecule has 3 aromatic rings. The summed E-state index contributed by atoms with van der Waals surface area (Å²) >= 11 is 1.47. The van der Waals surface area contributed by atoms with E-state index < -0.39 is 0 Å². The van der Waals surface area contributed by atoms with Crippen LogP contribution < -0.4 is 5.32 Å². The van der Waals surface area contributed by atoms with Gasteiger partial charge in [-0.05, 0) is 44.0 Å². The van der Waals surface area contributed by atoms with Gasteiger partial charge in [0.15, 0.2) is 5.16 Å². The van der Waals surface area contributed by atoms with E-state index in [1.807, 2.05) is 69.3 Å². The van der Waals surface area contributed by atoms with Crippen molar-refractivity contribution in [1.82, 2.24) is 9.55 Å². The normalized spacial score (nSPS) is 12.1. The molecule has 1 heterocycles. The fraction of sp³-hybridized carbons (Fsp3) is 0.238. The highest BCUT2D eigenvalue weighted by atomic mass is 32.2. The number of hydrogen-bond acceptors (Lipinski definition) is 3. The molecular formula is C21H23N3OS. The predicted molar refractivity (Wildman–Crippen MR) is 110 cm³/mol. The summed E-state index contributed by atoms with van der Waals surface area (Å²) in [5, 5.41) is 3.63. The number of fused-ring (bicyclic) bond motifs is 1. The second kappa shape index (κ2) is 7.79. The number of aryl methyl sites for hydroxylation is 2. The Labute approximate surface area is 158 Å². The number of rotatable bonds is 6. The number of allylic oxidation sites excluding steroid dienone is 1. The van der Waals surface area contributed by atoms with Crippen molar-refractivity contribution in [2.45, 2.75) is 37.7 Å². The number of carbonyl (C=O) groups is 1. The Morgan fingerprint density at radius 3 is 2.62 bits per heavy atom. The number of hydrogen-bond donors (Lipinski definition) is 1. The van der Waals surface area contributed by atoms with Crippen LogP contribution in [0, 0.1) is 13.8 Å². The summed E-state index contributed by atoms with van der Waals surface area (Å²) in [6, 6.07) is 14.0. The van der Waals surface area contributed by atoms with Gasteiger partial charge in [0.2, 0.25) is 5.91 Å². The quantitative estimate of drug-likeness (QED) is 0.496. The SMILES string of the molecule is C=CCn1c(SC(C)C(=O)Nc2c(C)cccc2C)nc2ccccc21. The van der Waals surface area contributed by atoms with E-state index in [0.717, 1.165) is 33.0 Å². The zero-order valence-electron chi connectivity index (χ0n) is 15.3. The lowest BCUT2D eigenvalue weighted by molar-refractivity contribution is -0.115. The highest BCUT2D eigenvalue weighted by Crippen LogP contribution is 2.28. The largest absolute Gasteiger partial charge is 0.325 e. The first-order chi connectivity index (χ1) is 12.5. The Bertz CT molecular complexity index is 941. The van der Waals surface area contributed by atoms with Crippen molar-refractivity contribution in [1.29, 1.82) is 0 Å². The van der Waals surface area contributed by atoms with Gasteiger partial charge in [-0.15, -0.1) is 6.58 Å². The molecule has 0 saturated heterocycles. The molecule has 0 spiro atoms. The number of para-hydroxylation sites is 3. The highest BCUT2D eigenvalue weighted by molar-refractivity contribution is 8.00. The first-order valence-electron chi connectivity index (χ1n) is 8.61. The van der Waals surface area contributed by atoms with Gasteiger partial charge in [-0.25, -0.2) is 4.98 Å². The number of thioether (sulfide) groups is 1. The number of amides is 1. The maximum absolute atomic E-state index is 12.7. The zero-order valence-corrected chi connectivity index (χ0v) is 16.1. The van der Waals surface area contributed by atoms with E-state index in [4.69, 9.17) is 4.98 Å². The first kappa shape index (κ1) is 18.3. The van der Waals surface area contributed by atoms with E-state index in [9.17, 15) is 4.79 Å². The van der Waals surface area contributed by atoms with Gasteiger partial charge in [0.05, 0.1) is 16.3 Å². The molecule has 0 radical (unpaired) electrons. The van der Waals surface area contributed by atoms with Gasteiger partial charge < -0.3 is 9.88 Å². The molecule has 0 aliphatic carbocycles. The Morgan fingerprint density at radius 2 is 1.92 bits per heavy atom. The lowest BCUT2D eigenvalue weighted by Crippen LogP contribution is -2.23. The van der Waals surface area contributed by atoms with Crippen molar-refractivity contribution < 1.29 is 4.79 Å². The predicted octanol–water partition coefficient (Wildman–Crippen LogP) is 4.96. The van der Waals surface area contributed by atoms with E-state index >= 15 is 0 Å². The molecule has 0 saturated carbocycles. The third-order valence-electron chi connectivity index (χ3n) is 4.31. The molecule has 0 aliphatic rings. The van der Waals surface area contributed by atoms with E-state index in [1.165, 1.54) is 11.8 Å². The average molecular weight is 366 g/mol. The van der Waals surface area contributed by atoms with Gasteiger partial charge in [0, 0.05) is 12.2 Å². The molecule has 1 N–H and O–H groups in total. The molecule has 0 bridgehead atoms. The second-order valence-corrected chi connectivity index (χ2v) is 7.61. The molecule has 2 aromatic carbocycles. The number of carbonyl (C=O) groups excluding carboxylic acids is 1. The van der Waals surface area contributed by atoms with E-state index in [1.54, 1.807) is 0 Å². The molecule has 26 heavy (non-hydrogen) atoms. The first-order valence-corrected chi connectivity index (χ1v) is 9.49. The standard InChI is InChI=1S/C21H23N3OS/c1-5-13-24-18-12-7-6-11-17(18)22-21(24)26-16(4)20(25)23-19-14(2)9-8-10-15(19)3/h5-12,16H,1,13H2,2-4H3,(H,23,25). The van der Waals surface area contributed by atoms with Crippen molar-refractivity contribution in [3.8, 4) is 0 Å². The highest BCUT2D eigenvalue weighted by Gasteiger charge is 2.20. The van der Waals surface area contributed by atoms with Gasteiger partial charge in [0.25, 0.3) is 0 Å². The van der Waals surface area contributed by atoms with Crippen LogP contribution in [0.15, 0.2) is 60.3 Å². The van der Waals surface area contributed by atoms with Crippen molar-refractivity contribution in [2.24, 2.45) is 0 Å². The summed E-state index contributed by atoms with van der Waals surface area (Å²) in [5.41, 5.74) is 5.00. The number of anilines is 1. The second-order valence-electron chi connectivity index (χ2n) is 6.30. The number of nitrogens with zero attached hydrogens (tertiary/aromatic N) is 2. The Balaban J connectivity index is 1.82. The van der Waals surface area contributed by atoms with Gasteiger partial charge in [0.1, 0.15) is 0 Å². The maximum Gasteiger partial charge on any atom is 0.237 e. The minimum Gasteiger partial charge on any atom is -0.325 e. The molecule has 134 valence electrons. The van der Waals surface area contributed by atoms with E-state index in [-0.39, 0.29) is 11.2 Å². The van der Waals surface area contributed by atoms with Gasteiger partial charge in [-0.2, -0.15) is 0 Å². The van der Waals surface area contributed by atoms with Crippen LogP contribution in [0.25, 0.3) is 11.0 Å². The lowest BCUT2D eigenvalue weighted by Gasteiger charge is -2.15. The minimum absolute atomic E-state index is 0.0235. The van der Waals surface area contributed by atoms with Crippen LogP contribution in [0.1, 0.15) is 18.1 Å². The lowest BCUT2D eigenvalue weighted by atomic mass is 10.1. The van der Waals surface area contributed by atoms with Crippen LogP contribution in [-0.2, 0) is 11.3 Å². The number of nitrogens with one attached hydrogen (secondary N) is 1. The molecule has 4 nitrogen and oxygen atoms in total. The average Bonchev–Trinajstić information content (AvgIpc) is 2.96. The van der Waals surface area contributed by atoms with Crippen molar-refractivity contribution >= 4 is 34.4 Å². The maximum atomic E-state index is 12.7. The number of aromatic nitrogens is 2. The molecular weight excluding hydrogens is 342 g/mol. The van der Waals surface area contributed by atoms with Crippen LogP contribution in [0.5, 0.6) is 0 Å². The van der Waals surface area contributed by atoms with Gasteiger partial charge >= 0.3 is 0 Å². The van der Waals surface area contributed by atoms with Crippen LogP contribution >= 0.6 is 11.8 Å².